The van der Waals surface area contributed by atoms with Crippen LogP contribution in [-0.2, 0) is 9.59 Å². The number of carbonyl (C=O) groups is 2. The normalized spacial score (nSPS) is 40.0. The molecule has 9 heteroatoms. The molecule has 0 bridgehead atoms. The molecule has 8 nitrogen and oxygen atoms in total. The second-order valence-electron chi connectivity index (χ2n) is 9.97. The Hall–Kier alpha value is -0.930. The van der Waals surface area contributed by atoms with Crippen molar-refractivity contribution >= 4 is 23.4 Å². The fraction of sp³-hybridized carbons (Fsp3) is 0.905. The molecule has 0 spiro atoms. The predicted octanol–water partition coefficient (Wildman–Crippen LogP) is -0.245. The quantitative estimate of drug-likeness (QED) is 0.524. The lowest BCUT2D eigenvalue weighted by Crippen LogP contribution is -2.60. The first kappa shape index (κ1) is 20.9. The molecule has 2 saturated carbocycles. The molecule has 3 N–H and O–H groups in total. The van der Waals surface area contributed by atoms with E-state index in [0.717, 1.165) is 45.1 Å². The van der Waals surface area contributed by atoms with Gasteiger partial charge in [0.25, 0.3) is 0 Å². The first-order valence-electron chi connectivity index (χ1n) is 11.5. The first-order valence-corrected chi connectivity index (χ1v) is 11.9. The summed E-state index contributed by atoms with van der Waals surface area (Å²) < 4.78 is 0. The van der Waals surface area contributed by atoms with E-state index in [9.17, 15) is 14.7 Å². The number of nitrogens with one attached hydrogen (secondary N) is 2. The van der Waals surface area contributed by atoms with Gasteiger partial charge in [0.05, 0.1) is 30.1 Å². The van der Waals surface area contributed by atoms with Gasteiger partial charge >= 0.3 is 0 Å². The number of likely N-dealkylation sites (N-methyl/N-ethyl adjacent to an activating group) is 1. The molecule has 0 aromatic rings. The Morgan fingerprint density at radius 2 is 2.07 bits per heavy atom. The summed E-state index contributed by atoms with van der Waals surface area (Å²) in [5.74, 6) is 0.431. The van der Waals surface area contributed by atoms with Crippen molar-refractivity contribution in [1.82, 2.24) is 25.6 Å². The standard InChI is InChI=1S/C21H34ClN5O3/c1-25(21(12-28)5-6-21)19(29)14-10-23-27-8-7-26(11-18(14)27)20(30)17-9-13-15(22)3-2-4-16(13)24-17/h13-18,23-24,28H,2-12H2,1H3. The van der Waals surface area contributed by atoms with Crippen molar-refractivity contribution in [3.63, 3.8) is 0 Å². The van der Waals surface area contributed by atoms with Crippen LogP contribution in [0.2, 0.25) is 0 Å². The summed E-state index contributed by atoms with van der Waals surface area (Å²) in [6.07, 6.45) is 5.83. The minimum Gasteiger partial charge on any atom is -0.394 e. The molecule has 5 fully saturated rings. The zero-order valence-corrected chi connectivity index (χ0v) is 18.5. The van der Waals surface area contributed by atoms with Crippen molar-refractivity contribution < 1.29 is 14.7 Å². The van der Waals surface area contributed by atoms with Gasteiger partial charge in [0.15, 0.2) is 0 Å². The molecule has 3 aliphatic heterocycles. The fourth-order valence-corrected chi connectivity index (χ4v) is 6.54. The van der Waals surface area contributed by atoms with Crippen LogP contribution < -0.4 is 10.7 Å². The van der Waals surface area contributed by atoms with Crippen molar-refractivity contribution in [3.05, 3.63) is 0 Å². The highest BCUT2D eigenvalue weighted by Crippen LogP contribution is 2.42. The van der Waals surface area contributed by atoms with E-state index in [1.807, 2.05) is 11.9 Å². The largest absolute Gasteiger partial charge is 0.394 e. The average Bonchev–Trinajstić information content (AvgIpc) is 3.25. The predicted molar refractivity (Wildman–Crippen MR) is 113 cm³/mol. The number of aliphatic hydroxyl groups is 1. The van der Waals surface area contributed by atoms with Crippen LogP contribution in [0.25, 0.3) is 0 Å². The second-order valence-corrected chi connectivity index (χ2v) is 10.5. The molecular weight excluding hydrogens is 406 g/mol. The lowest BCUT2D eigenvalue weighted by molar-refractivity contribution is -0.142. The van der Waals surface area contributed by atoms with E-state index in [1.54, 1.807) is 4.90 Å². The molecule has 3 saturated heterocycles. The van der Waals surface area contributed by atoms with Crippen molar-refractivity contribution in [1.29, 1.82) is 0 Å². The number of hydrogen-bond donors (Lipinski definition) is 3. The molecule has 6 atom stereocenters. The van der Waals surface area contributed by atoms with Crippen LogP contribution >= 0.6 is 11.6 Å². The van der Waals surface area contributed by atoms with E-state index < -0.39 is 0 Å². The number of piperazine rings is 1. The Balaban J connectivity index is 1.24. The molecule has 5 aliphatic rings. The van der Waals surface area contributed by atoms with E-state index in [0.29, 0.717) is 31.6 Å². The van der Waals surface area contributed by atoms with E-state index in [-0.39, 0.29) is 47.3 Å². The molecule has 0 aromatic carbocycles. The van der Waals surface area contributed by atoms with Crippen molar-refractivity contribution in [2.24, 2.45) is 11.8 Å². The topological polar surface area (TPSA) is 88.2 Å². The monoisotopic (exact) mass is 439 g/mol. The zero-order valence-electron chi connectivity index (χ0n) is 17.7. The highest BCUT2D eigenvalue weighted by atomic mass is 35.5. The van der Waals surface area contributed by atoms with Gasteiger partial charge < -0.3 is 20.2 Å². The number of nitrogens with zero attached hydrogens (tertiary/aromatic N) is 3. The third-order valence-electron chi connectivity index (χ3n) is 8.39. The van der Waals surface area contributed by atoms with E-state index in [4.69, 9.17) is 11.6 Å². The second kappa shape index (κ2) is 7.89. The lowest BCUT2D eigenvalue weighted by atomic mass is 9.84. The van der Waals surface area contributed by atoms with Crippen molar-refractivity contribution in [2.75, 3.05) is 39.8 Å². The third kappa shape index (κ3) is 3.45. The van der Waals surface area contributed by atoms with Gasteiger partial charge in [-0.3, -0.25) is 15.0 Å². The molecule has 3 heterocycles. The number of fused-ring (bicyclic) bond motifs is 2. The van der Waals surface area contributed by atoms with Crippen LogP contribution in [0.4, 0.5) is 0 Å². The molecule has 0 aromatic heterocycles. The number of halogens is 1. The summed E-state index contributed by atoms with van der Waals surface area (Å²) in [7, 11) is 1.81. The van der Waals surface area contributed by atoms with Crippen LogP contribution in [-0.4, -0.2) is 101 Å². The van der Waals surface area contributed by atoms with Gasteiger partial charge in [-0.25, -0.2) is 5.01 Å². The Bertz CT molecular complexity index is 704. The first-order chi connectivity index (χ1) is 14.4. The van der Waals surface area contributed by atoms with E-state index in [2.05, 4.69) is 15.8 Å². The minimum absolute atomic E-state index is 0.0170. The number of hydrogen-bond acceptors (Lipinski definition) is 6. The maximum absolute atomic E-state index is 13.3. The number of hydrazine groups is 1. The smallest absolute Gasteiger partial charge is 0.239 e. The number of rotatable bonds is 4. The number of carbonyl (C=O) groups excluding carboxylic acids is 2. The van der Waals surface area contributed by atoms with Gasteiger partial charge in [-0.15, -0.1) is 11.6 Å². The van der Waals surface area contributed by atoms with Gasteiger partial charge in [-0.2, -0.15) is 0 Å². The number of alkyl halides is 1. The summed E-state index contributed by atoms with van der Waals surface area (Å²) in [6.45, 7) is 2.59. The molecule has 0 radical (unpaired) electrons. The Morgan fingerprint density at radius 3 is 2.77 bits per heavy atom. The molecule has 2 aliphatic carbocycles. The van der Waals surface area contributed by atoms with Crippen LogP contribution in [0.3, 0.4) is 0 Å². The maximum Gasteiger partial charge on any atom is 0.239 e. The fourth-order valence-electron chi connectivity index (χ4n) is 6.10. The van der Waals surface area contributed by atoms with Gasteiger partial charge in [0, 0.05) is 44.6 Å². The molecule has 168 valence electrons. The van der Waals surface area contributed by atoms with Crippen LogP contribution in [0.5, 0.6) is 0 Å². The van der Waals surface area contributed by atoms with Crippen LogP contribution in [0.15, 0.2) is 0 Å². The molecule has 30 heavy (non-hydrogen) atoms. The lowest BCUT2D eigenvalue weighted by Gasteiger charge is -2.40. The van der Waals surface area contributed by atoms with Gasteiger partial charge in [0.1, 0.15) is 0 Å². The summed E-state index contributed by atoms with van der Waals surface area (Å²) in [5, 5.41) is 15.6. The Labute approximate surface area is 183 Å². The average molecular weight is 440 g/mol. The Morgan fingerprint density at radius 1 is 1.27 bits per heavy atom. The van der Waals surface area contributed by atoms with Crippen LogP contribution in [0.1, 0.15) is 38.5 Å². The van der Waals surface area contributed by atoms with Gasteiger partial charge in [0.2, 0.25) is 11.8 Å². The zero-order chi connectivity index (χ0) is 21.0. The molecule has 2 amide bonds. The SMILES string of the molecule is CN(C(=O)C1CNN2CCN(C(=O)C3CC4C(Cl)CCCC4N3)CC12)C1(CO)CC1. The summed E-state index contributed by atoms with van der Waals surface area (Å²) in [5.41, 5.74) is 3.00. The molecule has 6 unspecified atom stereocenters. The van der Waals surface area contributed by atoms with Crippen molar-refractivity contribution in [3.8, 4) is 0 Å². The summed E-state index contributed by atoms with van der Waals surface area (Å²) in [6, 6.07) is 0.193. The maximum atomic E-state index is 13.3. The number of aliphatic hydroxyl groups excluding tert-OH is 1. The summed E-state index contributed by atoms with van der Waals surface area (Å²) in [4.78, 5) is 30.2. The molecular formula is C21H34ClN5O3. The van der Waals surface area contributed by atoms with Crippen molar-refractivity contribution in [2.45, 2.75) is 67.6 Å². The minimum atomic E-state index is -0.364. The van der Waals surface area contributed by atoms with Gasteiger partial charge in [-0.1, -0.05) is 6.42 Å². The third-order valence-corrected chi connectivity index (χ3v) is 8.93. The summed E-state index contributed by atoms with van der Waals surface area (Å²) >= 11 is 6.54. The van der Waals surface area contributed by atoms with Gasteiger partial charge in [-0.05, 0) is 38.0 Å². The Kier molecular flexibility index (Phi) is 5.51. The molecule has 5 rings (SSSR count). The highest BCUT2D eigenvalue weighted by Gasteiger charge is 2.52. The number of amides is 2. The van der Waals surface area contributed by atoms with E-state index >= 15 is 0 Å². The van der Waals surface area contributed by atoms with E-state index in [1.165, 1.54) is 0 Å². The van der Waals surface area contributed by atoms with Crippen LogP contribution in [0, 0.1) is 11.8 Å². The highest BCUT2D eigenvalue weighted by molar-refractivity contribution is 6.20.